The van der Waals surface area contributed by atoms with Gasteiger partial charge in [-0.15, -0.1) is 0 Å². The second kappa shape index (κ2) is 5.85. The Labute approximate surface area is 105 Å². The van der Waals surface area contributed by atoms with Crippen LogP contribution in [0.5, 0.6) is 0 Å². The van der Waals surface area contributed by atoms with Crippen molar-refractivity contribution in [1.82, 2.24) is 0 Å². The standard InChI is InChI=1S/C10H10S4/c11-3-7-1-2-8(4-12)10(6-14)9(7)5-13/h1-6,11-14H. The predicted octanol–water partition coefficient (Wildman–Crippen LogP) is 0.358. The molecule has 0 nitrogen and oxygen atoms in total. The van der Waals surface area contributed by atoms with E-state index in [9.17, 15) is 0 Å². The normalized spacial score (nSPS) is 16.9. The molecule has 0 spiro atoms. The van der Waals surface area contributed by atoms with Gasteiger partial charge in [-0.2, -0.15) is 50.5 Å². The van der Waals surface area contributed by atoms with Crippen molar-refractivity contribution in [3.05, 3.63) is 33.0 Å². The molecule has 0 bridgehead atoms. The number of rotatable bonds is 0. The molecule has 0 atom stereocenters. The molecule has 74 valence electrons. The van der Waals surface area contributed by atoms with Crippen molar-refractivity contribution in [2.75, 3.05) is 0 Å². The van der Waals surface area contributed by atoms with E-state index >= 15 is 0 Å². The molecule has 1 aromatic rings. The van der Waals surface area contributed by atoms with Crippen molar-refractivity contribution < 1.29 is 0 Å². The van der Waals surface area contributed by atoms with Crippen LogP contribution in [0.4, 0.5) is 0 Å². The highest BCUT2D eigenvalue weighted by Crippen LogP contribution is 1.75. The molecule has 4 heteroatoms. The molecule has 0 aliphatic rings. The summed E-state index contributed by atoms with van der Waals surface area (Å²) in [5.41, 5.74) is 0. The van der Waals surface area contributed by atoms with Crippen LogP contribution in [-0.2, 0) is 0 Å². The fourth-order valence-electron chi connectivity index (χ4n) is 1.18. The summed E-state index contributed by atoms with van der Waals surface area (Å²) in [6, 6.07) is 3.94. The van der Waals surface area contributed by atoms with Gasteiger partial charge in [0.25, 0.3) is 0 Å². The highest BCUT2D eigenvalue weighted by atomic mass is 32.1. The molecular formula is C10H10S4. The summed E-state index contributed by atoms with van der Waals surface area (Å²) in [4.78, 5) is 0. The maximum Gasteiger partial charge on any atom is -0.00345 e. The summed E-state index contributed by atoms with van der Waals surface area (Å²) >= 11 is 16.6. The Balaban J connectivity index is 4.05. The topological polar surface area (TPSA) is 0 Å². The van der Waals surface area contributed by atoms with Crippen LogP contribution in [-0.4, -0.2) is 0 Å². The molecule has 14 heavy (non-hydrogen) atoms. The summed E-state index contributed by atoms with van der Waals surface area (Å²) in [6.45, 7) is 0. The molecule has 0 amide bonds. The van der Waals surface area contributed by atoms with Crippen LogP contribution in [0.1, 0.15) is 0 Å². The van der Waals surface area contributed by atoms with Crippen molar-refractivity contribution >= 4 is 72.1 Å². The van der Waals surface area contributed by atoms with E-state index < -0.39 is 0 Å². The minimum atomic E-state index is 1.00. The van der Waals surface area contributed by atoms with E-state index in [4.69, 9.17) is 0 Å². The first-order chi connectivity index (χ1) is 6.78. The average molecular weight is 258 g/mol. The van der Waals surface area contributed by atoms with Gasteiger partial charge in [0.15, 0.2) is 0 Å². The Bertz CT molecular complexity index is 492. The average Bonchev–Trinajstić information content (AvgIpc) is 2.26. The Morgan fingerprint density at radius 2 is 1.00 bits per heavy atom. The van der Waals surface area contributed by atoms with Gasteiger partial charge in [0.1, 0.15) is 0 Å². The third-order valence-corrected chi connectivity index (χ3v) is 2.96. The van der Waals surface area contributed by atoms with Gasteiger partial charge in [-0.25, -0.2) is 0 Å². The lowest BCUT2D eigenvalue weighted by Crippen LogP contribution is -2.46. The quantitative estimate of drug-likeness (QED) is 0.475. The fraction of sp³-hybridized carbons (Fsp3) is 0. The monoisotopic (exact) mass is 258 g/mol. The predicted molar refractivity (Wildman–Crippen MR) is 78.7 cm³/mol. The zero-order valence-electron chi connectivity index (χ0n) is 7.25. The molecular weight excluding hydrogens is 248 g/mol. The summed E-state index contributed by atoms with van der Waals surface area (Å²) in [5, 5.41) is 11.0. The van der Waals surface area contributed by atoms with E-state index in [1.165, 1.54) is 0 Å². The van der Waals surface area contributed by atoms with Gasteiger partial charge >= 0.3 is 0 Å². The second-order valence-corrected chi connectivity index (χ2v) is 3.62. The first-order valence-corrected chi connectivity index (χ1v) is 5.91. The Morgan fingerprint density at radius 3 is 1.21 bits per heavy atom. The van der Waals surface area contributed by atoms with Crippen LogP contribution in [0.2, 0.25) is 0 Å². The van der Waals surface area contributed by atoms with Crippen molar-refractivity contribution in [3.63, 3.8) is 0 Å². The number of hydrogen-bond acceptors (Lipinski definition) is 4. The van der Waals surface area contributed by atoms with E-state index in [0.29, 0.717) is 0 Å². The summed E-state index contributed by atoms with van der Waals surface area (Å²) in [5.74, 6) is 0. The van der Waals surface area contributed by atoms with Crippen LogP contribution in [0.3, 0.4) is 0 Å². The van der Waals surface area contributed by atoms with Gasteiger partial charge < -0.3 is 0 Å². The zero-order chi connectivity index (χ0) is 10.6. The lowest BCUT2D eigenvalue weighted by Gasteiger charge is -1.92. The zero-order valence-corrected chi connectivity index (χ0v) is 10.8. The molecule has 0 N–H and O–H groups in total. The van der Waals surface area contributed by atoms with Crippen molar-refractivity contribution in [3.8, 4) is 0 Å². The molecule has 0 aromatic heterocycles. The van der Waals surface area contributed by atoms with E-state index in [2.05, 4.69) is 50.5 Å². The van der Waals surface area contributed by atoms with Gasteiger partial charge in [0, 0.05) is 0 Å². The summed E-state index contributed by atoms with van der Waals surface area (Å²) in [7, 11) is 0. The Morgan fingerprint density at radius 1 is 0.643 bits per heavy atom. The SMILES string of the molecule is SC=c1ccc(=CS)c(=CS)c1=CS. The van der Waals surface area contributed by atoms with Crippen LogP contribution < -0.4 is 20.9 Å². The third-order valence-electron chi connectivity index (χ3n) is 1.89. The smallest absolute Gasteiger partial charge is 0.00345 e. The van der Waals surface area contributed by atoms with Gasteiger partial charge in [-0.1, -0.05) is 12.1 Å². The van der Waals surface area contributed by atoms with Crippen LogP contribution >= 0.6 is 50.5 Å². The van der Waals surface area contributed by atoms with Crippen LogP contribution in [0, 0.1) is 0 Å². The summed E-state index contributed by atoms with van der Waals surface area (Å²) < 4.78 is 0. The fourth-order valence-corrected chi connectivity index (χ4v) is 2.21. The molecule has 0 saturated heterocycles. The highest BCUT2D eigenvalue weighted by Gasteiger charge is 1.89. The number of thiol groups is 4. The van der Waals surface area contributed by atoms with Crippen molar-refractivity contribution in [1.29, 1.82) is 0 Å². The van der Waals surface area contributed by atoms with Crippen molar-refractivity contribution in [2.24, 2.45) is 0 Å². The molecule has 0 aliphatic carbocycles. The molecule has 0 radical (unpaired) electrons. The summed E-state index contributed by atoms with van der Waals surface area (Å²) in [6.07, 6.45) is 0. The Hall–Kier alpha value is 0.1000. The van der Waals surface area contributed by atoms with E-state index in [-0.39, 0.29) is 0 Å². The second-order valence-electron chi connectivity index (χ2n) is 2.59. The molecule has 0 unspecified atom stereocenters. The molecule has 0 heterocycles. The van der Waals surface area contributed by atoms with Gasteiger partial charge in [-0.05, 0) is 42.5 Å². The van der Waals surface area contributed by atoms with Gasteiger partial charge in [0.05, 0.1) is 0 Å². The highest BCUT2D eigenvalue weighted by molar-refractivity contribution is 7.89. The van der Waals surface area contributed by atoms with E-state index in [0.717, 1.165) is 20.9 Å². The largest absolute Gasteiger partial charge is 0.151 e. The first kappa shape index (κ1) is 12.2. The molecule has 0 saturated carbocycles. The minimum Gasteiger partial charge on any atom is -0.151 e. The van der Waals surface area contributed by atoms with Gasteiger partial charge in [-0.3, -0.25) is 0 Å². The van der Waals surface area contributed by atoms with Gasteiger partial charge in [0.2, 0.25) is 0 Å². The number of hydrogen-bond donors (Lipinski definition) is 4. The maximum absolute atomic E-state index is 4.17. The van der Waals surface area contributed by atoms with Crippen molar-refractivity contribution in [2.45, 2.75) is 0 Å². The molecule has 1 aromatic carbocycles. The molecule has 1 rings (SSSR count). The number of benzene rings is 1. The first-order valence-electron chi connectivity index (χ1n) is 3.85. The minimum absolute atomic E-state index is 1.00. The van der Waals surface area contributed by atoms with E-state index in [1.54, 1.807) is 21.6 Å². The maximum atomic E-state index is 4.17. The Kier molecular flexibility index (Phi) is 5.09. The lowest BCUT2D eigenvalue weighted by molar-refractivity contribution is 1.42. The molecule has 0 fully saturated rings. The van der Waals surface area contributed by atoms with E-state index in [1.807, 2.05) is 12.1 Å². The third kappa shape index (κ3) is 2.37. The lowest BCUT2D eigenvalue weighted by atomic mass is 10.2. The van der Waals surface area contributed by atoms with Crippen LogP contribution in [0.15, 0.2) is 12.1 Å². The van der Waals surface area contributed by atoms with Crippen LogP contribution in [0.25, 0.3) is 21.6 Å². The molecule has 0 aliphatic heterocycles.